The number of carboxylic acids is 1. The van der Waals surface area contributed by atoms with E-state index in [0.29, 0.717) is 25.4 Å². The number of benzene rings is 2. The summed E-state index contributed by atoms with van der Waals surface area (Å²) in [4.78, 5) is 28.0. The number of likely N-dealkylation sites (tertiary alicyclic amines) is 1. The molecular formula is C25H30FN3O5. The molecule has 0 spiro atoms. The van der Waals surface area contributed by atoms with Crippen molar-refractivity contribution in [2.45, 2.75) is 39.3 Å². The Morgan fingerprint density at radius 1 is 1.12 bits per heavy atom. The minimum Gasteiger partial charge on any atom is -0.491 e. The van der Waals surface area contributed by atoms with Crippen LogP contribution in [-0.2, 0) is 11.3 Å². The van der Waals surface area contributed by atoms with E-state index >= 15 is 0 Å². The van der Waals surface area contributed by atoms with Gasteiger partial charge in [0.25, 0.3) is 0 Å². The summed E-state index contributed by atoms with van der Waals surface area (Å²) in [6.07, 6.45) is 1.70. The topological polar surface area (TPSA) is 91.3 Å². The summed E-state index contributed by atoms with van der Waals surface area (Å²) in [6.45, 7) is 6.90. The molecule has 1 fully saturated rings. The lowest BCUT2D eigenvalue weighted by Gasteiger charge is -2.42. The average Bonchev–Trinajstić information content (AvgIpc) is 2.82. The SMILES string of the molecule is CCOc1cc(CN2CCC(N3CC(=O)Nc4cc(C(=O)O)ccc43)CC2)cc(OCC)c1F. The van der Waals surface area contributed by atoms with Gasteiger partial charge in [-0.2, -0.15) is 4.39 Å². The molecule has 2 N–H and O–H groups in total. The summed E-state index contributed by atoms with van der Waals surface area (Å²) < 4.78 is 25.5. The Kier molecular flexibility index (Phi) is 7.21. The number of anilines is 2. The van der Waals surface area contributed by atoms with Gasteiger partial charge < -0.3 is 24.8 Å². The van der Waals surface area contributed by atoms with Gasteiger partial charge in [-0.1, -0.05) is 0 Å². The maximum atomic E-state index is 14.6. The third-order valence-electron chi connectivity index (χ3n) is 6.21. The molecule has 0 atom stereocenters. The Bertz CT molecular complexity index is 1040. The molecule has 9 heteroatoms. The summed E-state index contributed by atoms with van der Waals surface area (Å²) in [6, 6.07) is 8.49. The summed E-state index contributed by atoms with van der Waals surface area (Å²) in [5.41, 5.74) is 2.46. The number of halogens is 1. The van der Waals surface area contributed by atoms with Gasteiger partial charge in [-0.25, -0.2) is 4.79 Å². The van der Waals surface area contributed by atoms with Crippen molar-refractivity contribution < 1.29 is 28.6 Å². The molecule has 182 valence electrons. The van der Waals surface area contributed by atoms with Gasteiger partial charge in [0.05, 0.1) is 36.7 Å². The first kappa shape index (κ1) is 23.8. The van der Waals surface area contributed by atoms with Gasteiger partial charge in [-0.3, -0.25) is 9.69 Å². The number of nitrogens with one attached hydrogen (secondary N) is 1. The van der Waals surface area contributed by atoms with Gasteiger partial charge in [-0.15, -0.1) is 0 Å². The lowest BCUT2D eigenvalue weighted by molar-refractivity contribution is -0.115. The standard InChI is InChI=1S/C25H30FN3O5/c1-3-33-21-11-16(12-22(24(21)26)34-4-2)14-28-9-7-18(8-10-28)29-15-23(30)27-19-13-17(25(31)32)5-6-20(19)29/h5-6,11-13,18H,3-4,7-10,14-15H2,1-2H3,(H,27,30)(H,31,32). The number of carbonyl (C=O) groups excluding carboxylic acids is 1. The zero-order valence-electron chi connectivity index (χ0n) is 19.5. The molecular weight excluding hydrogens is 441 g/mol. The van der Waals surface area contributed by atoms with Crippen LogP contribution in [-0.4, -0.2) is 60.8 Å². The van der Waals surface area contributed by atoms with E-state index in [2.05, 4.69) is 15.1 Å². The maximum absolute atomic E-state index is 14.6. The zero-order chi connectivity index (χ0) is 24.2. The smallest absolute Gasteiger partial charge is 0.335 e. The predicted molar refractivity (Wildman–Crippen MR) is 126 cm³/mol. The average molecular weight is 472 g/mol. The van der Waals surface area contributed by atoms with Crippen molar-refractivity contribution in [2.75, 3.05) is 43.1 Å². The largest absolute Gasteiger partial charge is 0.491 e. The van der Waals surface area contributed by atoms with Crippen LogP contribution >= 0.6 is 0 Å². The number of piperidine rings is 1. The van der Waals surface area contributed by atoms with Gasteiger partial charge in [0, 0.05) is 25.7 Å². The fourth-order valence-corrected chi connectivity index (χ4v) is 4.66. The summed E-state index contributed by atoms with van der Waals surface area (Å²) in [7, 11) is 0. The number of fused-ring (bicyclic) bond motifs is 1. The highest BCUT2D eigenvalue weighted by Gasteiger charge is 2.31. The van der Waals surface area contributed by atoms with Crippen molar-refractivity contribution >= 4 is 23.3 Å². The van der Waals surface area contributed by atoms with Crippen LogP contribution in [0.1, 0.15) is 42.6 Å². The number of ether oxygens (including phenoxy) is 2. The van der Waals surface area contributed by atoms with Crippen LogP contribution in [0.15, 0.2) is 30.3 Å². The highest BCUT2D eigenvalue weighted by Crippen LogP contribution is 2.35. The van der Waals surface area contributed by atoms with Gasteiger partial charge >= 0.3 is 5.97 Å². The van der Waals surface area contributed by atoms with Crippen molar-refractivity contribution in [2.24, 2.45) is 0 Å². The first-order chi connectivity index (χ1) is 16.4. The minimum atomic E-state index is -1.02. The number of hydrogen-bond acceptors (Lipinski definition) is 6. The molecule has 0 aliphatic carbocycles. The number of carbonyl (C=O) groups is 2. The molecule has 2 aromatic rings. The summed E-state index contributed by atoms with van der Waals surface area (Å²) >= 11 is 0. The van der Waals surface area contributed by atoms with E-state index in [9.17, 15) is 19.1 Å². The molecule has 0 radical (unpaired) electrons. The van der Waals surface area contributed by atoms with E-state index in [0.717, 1.165) is 37.2 Å². The Hall–Kier alpha value is -3.33. The summed E-state index contributed by atoms with van der Waals surface area (Å²) in [5, 5.41) is 12.1. The molecule has 8 nitrogen and oxygen atoms in total. The molecule has 1 saturated heterocycles. The third-order valence-corrected chi connectivity index (χ3v) is 6.21. The first-order valence-corrected chi connectivity index (χ1v) is 11.6. The Morgan fingerprint density at radius 3 is 2.35 bits per heavy atom. The van der Waals surface area contributed by atoms with Crippen molar-refractivity contribution in [3.8, 4) is 11.5 Å². The lowest BCUT2D eigenvalue weighted by Crippen LogP contribution is -2.49. The minimum absolute atomic E-state index is 0.143. The van der Waals surface area contributed by atoms with E-state index in [4.69, 9.17) is 9.47 Å². The van der Waals surface area contributed by atoms with Crippen LogP contribution in [0, 0.1) is 5.82 Å². The number of nitrogens with zero attached hydrogens (tertiary/aromatic N) is 2. The molecule has 2 aliphatic heterocycles. The molecule has 4 rings (SSSR count). The van der Waals surface area contributed by atoms with Crippen molar-refractivity contribution in [3.63, 3.8) is 0 Å². The Balaban J connectivity index is 1.44. The van der Waals surface area contributed by atoms with E-state index in [1.165, 1.54) is 6.07 Å². The van der Waals surface area contributed by atoms with E-state index in [-0.39, 0.29) is 35.6 Å². The number of amides is 1. The second kappa shape index (κ2) is 10.3. The second-order valence-corrected chi connectivity index (χ2v) is 8.49. The molecule has 1 amide bonds. The molecule has 0 aromatic heterocycles. The van der Waals surface area contributed by atoms with Gasteiger partial charge in [-0.05, 0) is 62.6 Å². The highest BCUT2D eigenvalue weighted by atomic mass is 19.1. The molecule has 34 heavy (non-hydrogen) atoms. The van der Waals surface area contributed by atoms with Gasteiger partial charge in [0.1, 0.15) is 0 Å². The lowest BCUT2D eigenvalue weighted by atomic mass is 9.99. The van der Waals surface area contributed by atoms with Crippen molar-refractivity contribution in [3.05, 3.63) is 47.3 Å². The zero-order valence-corrected chi connectivity index (χ0v) is 19.5. The van der Waals surface area contributed by atoms with Gasteiger partial charge in [0.15, 0.2) is 11.5 Å². The predicted octanol–water partition coefficient (Wildman–Crippen LogP) is 3.74. The fourth-order valence-electron chi connectivity index (χ4n) is 4.66. The summed E-state index contributed by atoms with van der Waals surface area (Å²) in [5.74, 6) is -1.23. The van der Waals surface area contributed by atoms with Crippen LogP contribution < -0.4 is 19.7 Å². The van der Waals surface area contributed by atoms with Gasteiger partial charge in [0.2, 0.25) is 11.7 Å². The number of aromatic carboxylic acids is 1. The normalized spacial score (nSPS) is 16.7. The molecule has 2 heterocycles. The third kappa shape index (κ3) is 5.09. The monoisotopic (exact) mass is 471 g/mol. The fraction of sp³-hybridized carbons (Fsp3) is 0.440. The Labute approximate surface area is 198 Å². The van der Waals surface area contributed by atoms with Crippen LogP contribution in [0.25, 0.3) is 0 Å². The van der Waals surface area contributed by atoms with E-state index < -0.39 is 11.8 Å². The van der Waals surface area contributed by atoms with Crippen LogP contribution in [0.5, 0.6) is 11.5 Å². The number of hydrogen-bond donors (Lipinski definition) is 2. The first-order valence-electron chi connectivity index (χ1n) is 11.6. The quantitative estimate of drug-likeness (QED) is 0.606. The molecule has 2 aliphatic rings. The van der Waals surface area contributed by atoms with Crippen molar-refractivity contribution in [1.82, 2.24) is 4.90 Å². The maximum Gasteiger partial charge on any atom is 0.335 e. The van der Waals surface area contributed by atoms with E-state index in [1.807, 2.05) is 13.8 Å². The highest BCUT2D eigenvalue weighted by molar-refractivity contribution is 6.03. The van der Waals surface area contributed by atoms with Crippen molar-refractivity contribution in [1.29, 1.82) is 0 Å². The van der Waals surface area contributed by atoms with Crippen LogP contribution in [0.2, 0.25) is 0 Å². The van der Waals surface area contributed by atoms with Crippen LogP contribution in [0.3, 0.4) is 0 Å². The Morgan fingerprint density at radius 2 is 1.76 bits per heavy atom. The second-order valence-electron chi connectivity index (χ2n) is 8.49. The number of carboxylic acid groups (broad SMARTS) is 1. The number of rotatable bonds is 8. The molecule has 0 bridgehead atoms. The molecule has 0 unspecified atom stereocenters. The van der Waals surface area contributed by atoms with Crippen LogP contribution in [0.4, 0.5) is 15.8 Å². The molecule has 2 aromatic carbocycles. The van der Waals surface area contributed by atoms with E-state index in [1.54, 1.807) is 24.3 Å². The molecule has 0 saturated carbocycles.